The van der Waals surface area contributed by atoms with Crippen LogP contribution in [0.2, 0.25) is 0 Å². The SMILES string of the molecule is COCCN(CC(C)C)C(CN)C(=O)OC. The maximum atomic E-state index is 11.5. The lowest BCUT2D eigenvalue weighted by Gasteiger charge is -2.30. The van der Waals surface area contributed by atoms with Crippen LogP contribution in [0.1, 0.15) is 13.8 Å². The summed E-state index contributed by atoms with van der Waals surface area (Å²) >= 11 is 0. The van der Waals surface area contributed by atoms with Crippen LogP contribution in [-0.2, 0) is 14.3 Å². The van der Waals surface area contributed by atoms with Gasteiger partial charge in [0.15, 0.2) is 0 Å². The van der Waals surface area contributed by atoms with Crippen molar-refractivity contribution in [3.63, 3.8) is 0 Å². The van der Waals surface area contributed by atoms with Crippen molar-refractivity contribution in [2.24, 2.45) is 11.7 Å². The first-order valence-electron chi connectivity index (χ1n) is 5.57. The molecule has 0 aliphatic heterocycles. The molecule has 0 aliphatic carbocycles. The third-order valence-electron chi connectivity index (χ3n) is 2.32. The highest BCUT2D eigenvalue weighted by atomic mass is 16.5. The quantitative estimate of drug-likeness (QED) is 0.601. The summed E-state index contributed by atoms with van der Waals surface area (Å²) < 4.78 is 9.77. The van der Waals surface area contributed by atoms with Gasteiger partial charge in [0.1, 0.15) is 6.04 Å². The number of hydrogen-bond acceptors (Lipinski definition) is 5. The molecule has 0 radical (unpaired) electrons. The van der Waals surface area contributed by atoms with Gasteiger partial charge >= 0.3 is 5.97 Å². The van der Waals surface area contributed by atoms with Gasteiger partial charge in [-0.25, -0.2) is 0 Å². The number of nitrogens with two attached hydrogens (primary N) is 1. The Hall–Kier alpha value is -0.650. The predicted molar refractivity (Wildman–Crippen MR) is 63.1 cm³/mol. The molecule has 0 fully saturated rings. The van der Waals surface area contributed by atoms with Crippen molar-refractivity contribution in [1.29, 1.82) is 0 Å². The van der Waals surface area contributed by atoms with Gasteiger partial charge in [-0.1, -0.05) is 13.8 Å². The summed E-state index contributed by atoms with van der Waals surface area (Å²) in [5, 5.41) is 0. The zero-order chi connectivity index (χ0) is 12.6. The van der Waals surface area contributed by atoms with Crippen molar-refractivity contribution < 1.29 is 14.3 Å². The van der Waals surface area contributed by atoms with Crippen molar-refractivity contribution in [1.82, 2.24) is 4.90 Å². The second-order valence-corrected chi connectivity index (χ2v) is 4.16. The lowest BCUT2D eigenvalue weighted by molar-refractivity contribution is -0.147. The van der Waals surface area contributed by atoms with Gasteiger partial charge in [-0.2, -0.15) is 0 Å². The molecule has 1 unspecified atom stereocenters. The minimum atomic E-state index is -0.373. The highest BCUT2D eigenvalue weighted by Gasteiger charge is 2.25. The smallest absolute Gasteiger partial charge is 0.324 e. The third kappa shape index (κ3) is 5.44. The summed E-state index contributed by atoms with van der Waals surface area (Å²) in [5.74, 6) is 0.190. The van der Waals surface area contributed by atoms with E-state index < -0.39 is 0 Å². The number of methoxy groups -OCH3 is 2. The van der Waals surface area contributed by atoms with Crippen LogP contribution in [0.4, 0.5) is 0 Å². The molecule has 16 heavy (non-hydrogen) atoms. The minimum Gasteiger partial charge on any atom is -0.468 e. The Labute approximate surface area is 97.9 Å². The molecule has 0 aromatic rings. The van der Waals surface area contributed by atoms with E-state index in [1.807, 2.05) is 4.90 Å². The molecule has 96 valence electrons. The molecule has 0 saturated heterocycles. The van der Waals surface area contributed by atoms with E-state index in [1.54, 1.807) is 7.11 Å². The molecule has 0 aliphatic rings. The molecular formula is C11H24N2O3. The number of rotatable bonds is 8. The van der Waals surface area contributed by atoms with Gasteiger partial charge in [0.05, 0.1) is 13.7 Å². The Morgan fingerprint density at radius 3 is 2.38 bits per heavy atom. The summed E-state index contributed by atoms with van der Waals surface area (Å²) in [5.41, 5.74) is 5.61. The lowest BCUT2D eigenvalue weighted by atomic mass is 10.1. The third-order valence-corrected chi connectivity index (χ3v) is 2.32. The van der Waals surface area contributed by atoms with Gasteiger partial charge in [-0.3, -0.25) is 9.69 Å². The molecule has 0 aromatic heterocycles. The van der Waals surface area contributed by atoms with Gasteiger partial charge in [0, 0.05) is 26.7 Å². The average molecular weight is 232 g/mol. The van der Waals surface area contributed by atoms with Crippen LogP contribution in [0.25, 0.3) is 0 Å². The van der Waals surface area contributed by atoms with E-state index in [4.69, 9.17) is 15.2 Å². The minimum absolute atomic E-state index is 0.267. The Morgan fingerprint density at radius 1 is 1.38 bits per heavy atom. The normalized spacial score (nSPS) is 13.2. The van der Waals surface area contributed by atoms with Crippen LogP contribution < -0.4 is 5.73 Å². The number of ether oxygens (including phenoxy) is 2. The van der Waals surface area contributed by atoms with Gasteiger partial charge in [-0.05, 0) is 5.92 Å². The fourth-order valence-electron chi connectivity index (χ4n) is 1.58. The van der Waals surface area contributed by atoms with Crippen LogP contribution in [0.5, 0.6) is 0 Å². The Kier molecular flexibility index (Phi) is 8.15. The summed E-state index contributed by atoms with van der Waals surface area (Å²) in [4.78, 5) is 13.6. The highest BCUT2D eigenvalue weighted by Crippen LogP contribution is 2.05. The molecule has 0 rings (SSSR count). The maximum absolute atomic E-state index is 11.5. The molecule has 0 aromatic carbocycles. The standard InChI is InChI=1S/C11H24N2O3/c1-9(2)8-13(5-6-15-3)10(7-12)11(14)16-4/h9-10H,5-8,12H2,1-4H3. The van der Waals surface area contributed by atoms with E-state index in [0.29, 0.717) is 19.1 Å². The largest absolute Gasteiger partial charge is 0.468 e. The monoisotopic (exact) mass is 232 g/mol. The summed E-state index contributed by atoms with van der Waals surface area (Å²) in [6, 6.07) is -0.373. The molecule has 0 heterocycles. The maximum Gasteiger partial charge on any atom is 0.324 e. The van der Waals surface area contributed by atoms with E-state index in [1.165, 1.54) is 7.11 Å². The van der Waals surface area contributed by atoms with Crippen LogP contribution in [0.3, 0.4) is 0 Å². The molecule has 2 N–H and O–H groups in total. The number of esters is 1. The van der Waals surface area contributed by atoms with E-state index in [2.05, 4.69) is 13.8 Å². The van der Waals surface area contributed by atoms with Gasteiger partial charge < -0.3 is 15.2 Å². The van der Waals surface area contributed by atoms with Crippen molar-refractivity contribution >= 4 is 5.97 Å². The number of carbonyl (C=O) groups is 1. The van der Waals surface area contributed by atoms with Gasteiger partial charge in [0.25, 0.3) is 0 Å². The van der Waals surface area contributed by atoms with Crippen LogP contribution in [0, 0.1) is 5.92 Å². The summed E-state index contributed by atoms with van der Waals surface area (Å²) in [6.07, 6.45) is 0. The van der Waals surface area contributed by atoms with Crippen molar-refractivity contribution in [3.05, 3.63) is 0 Å². The zero-order valence-electron chi connectivity index (χ0n) is 10.7. The molecule has 5 nitrogen and oxygen atoms in total. The molecular weight excluding hydrogens is 208 g/mol. The molecule has 1 atom stereocenters. The summed E-state index contributed by atoms with van der Waals surface area (Å²) in [7, 11) is 3.03. The fourth-order valence-corrected chi connectivity index (χ4v) is 1.58. The van der Waals surface area contributed by atoms with Crippen molar-refractivity contribution in [2.45, 2.75) is 19.9 Å². The molecule has 0 spiro atoms. The molecule has 0 amide bonds. The number of carbonyl (C=O) groups excluding carboxylic acids is 1. The molecule has 5 heteroatoms. The van der Waals surface area contributed by atoms with Crippen LogP contribution >= 0.6 is 0 Å². The first-order chi connectivity index (χ1) is 7.56. The topological polar surface area (TPSA) is 64.8 Å². The highest BCUT2D eigenvalue weighted by molar-refractivity contribution is 5.75. The van der Waals surface area contributed by atoms with Crippen LogP contribution in [-0.4, -0.2) is 57.4 Å². The van der Waals surface area contributed by atoms with Gasteiger partial charge in [-0.15, -0.1) is 0 Å². The number of hydrogen-bond donors (Lipinski definition) is 1. The Morgan fingerprint density at radius 2 is 2.00 bits per heavy atom. The molecule has 0 saturated carbocycles. The van der Waals surface area contributed by atoms with E-state index >= 15 is 0 Å². The lowest BCUT2D eigenvalue weighted by Crippen LogP contribution is -2.49. The van der Waals surface area contributed by atoms with Crippen molar-refractivity contribution in [3.8, 4) is 0 Å². The first-order valence-corrected chi connectivity index (χ1v) is 5.57. The van der Waals surface area contributed by atoms with Crippen LogP contribution in [0.15, 0.2) is 0 Å². The zero-order valence-corrected chi connectivity index (χ0v) is 10.7. The Balaban J connectivity index is 4.48. The fraction of sp³-hybridized carbons (Fsp3) is 0.909. The predicted octanol–water partition coefficient (Wildman–Crippen LogP) is 0.0911. The summed E-state index contributed by atoms with van der Waals surface area (Å²) in [6.45, 7) is 6.55. The van der Waals surface area contributed by atoms with Crippen molar-refractivity contribution in [2.75, 3.05) is 40.5 Å². The second-order valence-electron chi connectivity index (χ2n) is 4.16. The second kappa shape index (κ2) is 8.50. The first kappa shape index (κ1) is 15.3. The van der Waals surface area contributed by atoms with E-state index in [0.717, 1.165) is 6.54 Å². The van der Waals surface area contributed by atoms with E-state index in [-0.39, 0.29) is 18.6 Å². The number of nitrogens with zero attached hydrogens (tertiary/aromatic N) is 1. The average Bonchev–Trinajstić information content (AvgIpc) is 2.25. The molecule has 0 bridgehead atoms. The van der Waals surface area contributed by atoms with E-state index in [9.17, 15) is 4.79 Å². The Bertz CT molecular complexity index is 198. The van der Waals surface area contributed by atoms with Gasteiger partial charge in [0.2, 0.25) is 0 Å².